The third-order valence-corrected chi connectivity index (χ3v) is 4.28. The Hall–Kier alpha value is -3.22. The van der Waals surface area contributed by atoms with E-state index in [0.717, 1.165) is 16.8 Å². The van der Waals surface area contributed by atoms with Crippen LogP contribution in [0, 0.1) is 0 Å². The van der Waals surface area contributed by atoms with E-state index in [2.05, 4.69) is 16.0 Å². The number of carbonyl (C=O) groups is 2. The van der Waals surface area contributed by atoms with Gasteiger partial charge < -0.3 is 25.4 Å². The molecule has 0 bridgehead atoms. The van der Waals surface area contributed by atoms with Crippen LogP contribution < -0.4 is 25.4 Å². The Morgan fingerprint density at radius 1 is 1.11 bits per heavy atom. The largest absolute Gasteiger partial charge is 0.454 e. The van der Waals surface area contributed by atoms with Crippen LogP contribution in [0.3, 0.4) is 0 Å². The van der Waals surface area contributed by atoms with Crippen molar-refractivity contribution in [2.75, 3.05) is 12.1 Å². The highest BCUT2D eigenvalue weighted by atomic mass is 16.7. The first-order chi connectivity index (χ1) is 13.1. The van der Waals surface area contributed by atoms with Gasteiger partial charge in [-0.2, -0.15) is 0 Å². The van der Waals surface area contributed by atoms with E-state index in [0.29, 0.717) is 24.5 Å². The molecule has 0 spiro atoms. The highest BCUT2D eigenvalue weighted by Crippen LogP contribution is 2.35. The van der Waals surface area contributed by atoms with Crippen LogP contribution in [0.1, 0.15) is 37.4 Å². The maximum absolute atomic E-state index is 12.2. The Balaban J connectivity index is 1.52. The predicted octanol–water partition coefficient (Wildman–Crippen LogP) is 3.32. The lowest BCUT2D eigenvalue weighted by Gasteiger charge is -2.16. The van der Waals surface area contributed by atoms with Crippen molar-refractivity contribution in [1.82, 2.24) is 10.6 Å². The van der Waals surface area contributed by atoms with E-state index in [1.807, 2.05) is 49.4 Å². The Morgan fingerprint density at radius 3 is 2.63 bits per heavy atom. The summed E-state index contributed by atoms with van der Waals surface area (Å²) < 4.78 is 10.8. The van der Waals surface area contributed by atoms with E-state index in [9.17, 15) is 9.59 Å². The number of rotatable bonds is 6. The topological polar surface area (TPSA) is 88.7 Å². The summed E-state index contributed by atoms with van der Waals surface area (Å²) in [4.78, 5) is 23.6. The van der Waals surface area contributed by atoms with Crippen molar-refractivity contribution in [3.63, 3.8) is 0 Å². The second-order valence-corrected chi connectivity index (χ2v) is 6.22. The molecule has 1 aliphatic heterocycles. The van der Waals surface area contributed by atoms with E-state index in [-0.39, 0.29) is 24.8 Å². The number of anilines is 1. The second-order valence-electron chi connectivity index (χ2n) is 6.22. The summed E-state index contributed by atoms with van der Waals surface area (Å²) in [6.07, 6.45) is 0.432. The molecule has 7 heteroatoms. The first-order valence-corrected chi connectivity index (χ1v) is 8.88. The van der Waals surface area contributed by atoms with Gasteiger partial charge in [0.15, 0.2) is 11.5 Å². The minimum Gasteiger partial charge on any atom is -0.454 e. The van der Waals surface area contributed by atoms with Gasteiger partial charge in [-0.15, -0.1) is 0 Å². The highest BCUT2D eigenvalue weighted by Gasteiger charge is 2.17. The van der Waals surface area contributed by atoms with Gasteiger partial charge in [0.05, 0.1) is 6.04 Å². The van der Waals surface area contributed by atoms with Crippen LogP contribution in [0.5, 0.6) is 11.5 Å². The Labute approximate surface area is 158 Å². The number of hydrogen-bond donors (Lipinski definition) is 3. The summed E-state index contributed by atoms with van der Waals surface area (Å²) in [5.41, 5.74) is 2.54. The SMILES string of the molecule is CCC(=O)Nc1ccc(C(C)NC(=O)NCc2cccc3c2OCO3)cc1. The Kier molecular flexibility index (Phi) is 5.80. The summed E-state index contributed by atoms with van der Waals surface area (Å²) in [6.45, 7) is 4.24. The Morgan fingerprint density at radius 2 is 1.89 bits per heavy atom. The molecule has 3 N–H and O–H groups in total. The number of para-hydroxylation sites is 1. The first kappa shape index (κ1) is 18.6. The van der Waals surface area contributed by atoms with Crippen LogP contribution >= 0.6 is 0 Å². The average Bonchev–Trinajstić information content (AvgIpc) is 3.16. The van der Waals surface area contributed by atoms with Crippen molar-refractivity contribution in [3.05, 3.63) is 53.6 Å². The van der Waals surface area contributed by atoms with Crippen LogP contribution in [0.15, 0.2) is 42.5 Å². The van der Waals surface area contributed by atoms with Gasteiger partial charge in [0.25, 0.3) is 0 Å². The molecule has 2 aromatic rings. The molecule has 0 aromatic heterocycles. The lowest BCUT2D eigenvalue weighted by molar-refractivity contribution is -0.115. The second kappa shape index (κ2) is 8.44. The summed E-state index contributed by atoms with van der Waals surface area (Å²) in [5, 5.41) is 8.52. The molecule has 27 heavy (non-hydrogen) atoms. The number of amides is 3. The van der Waals surface area contributed by atoms with Crippen molar-refractivity contribution < 1.29 is 19.1 Å². The average molecular weight is 369 g/mol. The van der Waals surface area contributed by atoms with Gasteiger partial charge >= 0.3 is 6.03 Å². The standard InChI is InChI=1S/C20H23N3O4/c1-3-18(24)23-16-9-7-14(8-10-16)13(2)22-20(25)21-11-15-5-4-6-17-19(15)27-12-26-17/h4-10,13H,3,11-12H2,1-2H3,(H,23,24)(H2,21,22,25). The molecular weight excluding hydrogens is 346 g/mol. The maximum atomic E-state index is 12.2. The molecule has 1 heterocycles. The number of hydrogen-bond acceptors (Lipinski definition) is 4. The molecule has 3 amide bonds. The van der Waals surface area contributed by atoms with Gasteiger partial charge in [0.1, 0.15) is 0 Å². The minimum absolute atomic E-state index is 0.0323. The quantitative estimate of drug-likeness (QED) is 0.729. The molecule has 142 valence electrons. The van der Waals surface area contributed by atoms with Gasteiger partial charge in [-0.05, 0) is 30.7 Å². The number of fused-ring (bicyclic) bond motifs is 1. The molecule has 0 fully saturated rings. The molecule has 0 saturated carbocycles. The number of urea groups is 1. The number of carbonyl (C=O) groups excluding carboxylic acids is 2. The fourth-order valence-electron chi connectivity index (χ4n) is 2.74. The maximum Gasteiger partial charge on any atom is 0.315 e. The lowest BCUT2D eigenvalue weighted by atomic mass is 10.1. The predicted molar refractivity (Wildman–Crippen MR) is 102 cm³/mol. The zero-order chi connectivity index (χ0) is 19.2. The van der Waals surface area contributed by atoms with Crippen LogP contribution in [0.4, 0.5) is 10.5 Å². The summed E-state index contributed by atoms with van der Waals surface area (Å²) in [7, 11) is 0. The zero-order valence-electron chi connectivity index (χ0n) is 15.4. The molecule has 1 aliphatic rings. The van der Waals surface area contributed by atoms with Crippen molar-refractivity contribution >= 4 is 17.6 Å². The van der Waals surface area contributed by atoms with Crippen molar-refractivity contribution in [2.24, 2.45) is 0 Å². The molecule has 7 nitrogen and oxygen atoms in total. The van der Waals surface area contributed by atoms with Crippen LogP contribution in [-0.4, -0.2) is 18.7 Å². The van der Waals surface area contributed by atoms with E-state index >= 15 is 0 Å². The smallest absolute Gasteiger partial charge is 0.315 e. The van der Waals surface area contributed by atoms with Gasteiger partial charge in [-0.25, -0.2) is 4.79 Å². The third kappa shape index (κ3) is 4.69. The molecule has 1 atom stereocenters. The van der Waals surface area contributed by atoms with Gasteiger partial charge in [0, 0.05) is 24.2 Å². The van der Waals surface area contributed by atoms with E-state index < -0.39 is 0 Å². The fraction of sp³-hybridized carbons (Fsp3) is 0.300. The van der Waals surface area contributed by atoms with E-state index in [1.54, 1.807) is 6.92 Å². The molecule has 2 aromatic carbocycles. The number of nitrogens with one attached hydrogen (secondary N) is 3. The number of ether oxygens (including phenoxy) is 2. The Bertz CT molecular complexity index is 820. The molecule has 0 saturated heterocycles. The van der Waals surface area contributed by atoms with Crippen molar-refractivity contribution in [2.45, 2.75) is 32.9 Å². The monoisotopic (exact) mass is 369 g/mol. The van der Waals surface area contributed by atoms with Gasteiger partial charge in [-0.3, -0.25) is 4.79 Å². The van der Waals surface area contributed by atoms with E-state index in [4.69, 9.17) is 9.47 Å². The highest BCUT2D eigenvalue weighted by molar-refractivity contribution is 5.90. The third-order valence-electron chi connectivity index (χ3n) is 4.28. The minimum atomic E-state index is -0.276. The molecular formula is C20H23N3O4. The van der Waals surface area contributed by atoms with Crippen molar-refractivity contribution in [1.29, 1.82) is 0 Å². The fourth-order valence-corrected chi connectivity index (χ4v) is 2.74. The molecule has 0 radical (unpaired) electrons. The molecule has 1 unspecified atom stereocenters. The van der Waals surface area contributed by atoms with E-state index in [1.165, 1.54) is 0 Å². The first-order valence-electron chi connectivity index (χ1n) is 8.88. The van der Waals surface area contributed by atoms with Crippen LogP contribution in [0.2, 0.25) is 0 Å². The summed E-state index contributed by atoms with van der Waals surface area (Å²) >= 11 is 0. The summed E-state index contributed by atoms with van der Waals surface area (Å²) in [6, 6.07) is 12.5. The van der Waals surface area contributed by atoms with Gasteiger partial charge in [0.2, 0.25) is 12.7 Å². The molecule has 3 rings (SSSR count). The lowest BCUT2D eigenvalue weighted by Crippen LogP contribution is -2.36. The number of benzene rings is 2. The molecule has 0 aliphatic carbocycles. The van der Waals surface area contributed by atoms with Crippen LogP contribution in [0.25, 0.3) is 0 Å². The van der Waals surface area contributed by atoms with Gasteiger partial charge in [-0.1, -0.05) is 31.2 Å². The van der Waals surface area contributed by atoms with Crippen LogP contribution in [-0.2, 0) is 11.3 Å². The van der Waals surface area contributed by atoms with Crippen molar-refractivity contribution in [3.8, 4) is 11.5 Å². The summed E-state index contributed by atoms with van der Waals surface area (Å²) in [5.74, 6) is 1.34. The normalized spacial score (nSPS) is 13.0. The zero-order valence-corrected chi connectivity index (χ0v) is 15.4.